The fraction of sp³-hybridized carbons (Fsp3) is 0.462. The van der Waals surface area contributed by atoms with E-state index in [0.717, 1.165) is 15.9 Å². The van der Waals surface area contributed by atoms with Crippen LogP contribution in [0.15, 0.2) is 22.7 Å². The number of nitrogens with one attached hydrogen (secondary N) is 2. The molecule has 1 saturated carbocycles. The maximum Gasteiger partial charge on any atom is 0.171 e. The highest BCUT2D eigenvalue weighted by molar-refractivity contribution is 9.10. The molecule has 1 aromatic carbocycles. The Kier molecular flexibility index (Phi) is 4.83. The van der Waals surface area contributed by atoms with Crippen LogP contribution in [0.3, 0.4) is 0 Å². The molecule has 0 unspecified atom stereocenters. The standard InChI is InChI=1S/C13H17BrN2OS/c1-17-12-7-6-9(14)8-11(12)16-13(18)15-10-4-2-3-5-10/h6-8,10H,2-5H2,1H3,(H2,15,16,18). The average Bonchev–Trinajstić information content (AvgIpc) is 2.82. The summed E-state index contributed by atoms with van der Waals surface area (Å²) in [5, 5.41) is 7.21. The third kappa shape index (κ3) is 3.59. The van der Waals surface area contributed by atoms with Crippen molar-refractivity contribution in [3.8, 4) is 5.75 Å². The van der Waals surface area contributed by atoms with Gasteiger partial charge < -0.3 is 15.4 Å². The second kappa shape index (κ2) is 6.38. The number of hydrogen-bond donors (Lipinski definition) is 2. The topological polar surface area (TPSA) is 33.3 Å². The zero-order valence-corrected chi connectivity index (χ0v) is 12.7. The molecule has 0 aromatic heterocycles. The summed E-state index contributed by atoms with van der Waals surface area (Å²) in [5.41, 5.74) is 0.877. The van der Waals surface area contributed by atoms with Gasteiger partial charge in [0.15, 0.2) is 5.11 Å². The Labute approximate surface area is 121 Å². The van der Waals surface area contributed by atoms with Crippen molar-refractivity contribution in [2.45, 2.75) is 31.7 Å². The summed E-state index contributed by atoms with van der Waals surface area (Å²) in [6, 6.07) is 6.33. The van der Waals surface area contributed by atoms with E-state index in [4.69, 9.17) is 17.0 Å². The molecule has 0 heterocycles. The Morgan fingerprint density at radius 1 is 1.39 bits per heavy atom. The van der Waals surface area contributed by atoms with Gasteiger partial charge in [-0.1, -0.05) is 28.8 Å². The number of rotatable bonds is 3. The minimum Gasteiger partial charge on any atom is -0.495 e. The third-order valence-corrected chi connectivity index (χ3v) is 3.81. The first-order valence-corrected chi connectivity index (χ1v) is 7.30. The number of methoxy groups -OCH3 is 1. The molecule has 0 amide bonds. The summed E-state index contributed by atoms with van der Waals surface area (Å²) in [6.45, 7) is 0. The molecule has 1 fully saturated rings. The molecular weight excluding hydrogens is 312 g/mol. The van der Waals surface area contributed by atoms with E-state index < -0.39 is 0 Å². The Hall–Kier alpha value is -0.810. The van der Waals surface area contributed by atoms with Gasteiger partial charge in [0.2, 0.25) is 0 Å². The number of anilines is 1. The lowest BCUT2D eigenvalue weighted by Crippen LogP contribution is -2.36. The van der Waals surface area contributed by atoms with Gasteiger partial charge in [0.25, 0.3) is 0 Å². The number of hydrogen-bond acceptors (Lipinski definition) is 2. The summed E-state index contributed by atoms with van der Waals surface area (Å²) >= 11 is 8.77. The highest BCUT2D eigenvalue weighted by atomic mass is 79.9. The van der Waals surface area contributed by atoms with Gasteiger partial charge in [0.1, 0.15) is 5.75 Å². The monoisotopic (exact) mass is 328 g/mol. The largest absolute Gasteiger partial charge is 0.495 e. The fourth-order valence-electron chi connectivity index (χ4n) is 2.19. The van der Waals surface area contributed by atoms with Crippen molar-refractivity contribution < 1.29 is 4.74 Å². The van der Waals surface area contributed by atoms with E-state index in [9.17, 15) is 0 Å². The van der Waals surface area contributed by atoms with E-state index >= 15 is 0 Å². The van der Waals surface area contributed by atoms with Crippen LogP contribution in [0.2, 0.25) is 0 Å². The van der Waals surface area contributed by atoms with E-state index in [1.54, 1.807) is 7.11 Å². The van der Waals surface area contributed by atoms with Gasteiger partial charge in [-0.15, -0.1) is 0 Å². The molecule has 0 bridgehead atoms. The molecule has 98 valence electrons. The molecule has 1 aliphatic carbocycles. The first-order chi connectivity index (χ1) is 8.69. The van der Waals surface area contributed by atoms with E-state index in [1.165, 1.54) is 25.7 Å². The molecule has 1 aromatic rings. The molecule has 1 aliphatic rings. The molecule has 0 radical (unpaired) electrons. The van der Waals surface area contributed by atoms with Crippen LogP contribution >= 0.6 is 28.1 Å². The quantitative estimate of drug-likeness (QED) is 0.829. The van der Waals surface area contributed by atoms with Crippen molar-refractivity contribution >= 4 is 38.9 Å². The molecule has 0 aliphatic heterocycles. The zero-order chi connectivity index (χ0) is 13.0. The maximum absolute atomic E-state index is 5.33. The van der Waals surface area contributed by atoms with Crippen LogP contribution in [-0.2, 0) is 0 Å². The Balaban J connectivity index is 1.99. The van der Waals surface area contributed by atoms with Crippen molar-refractivity contribution in [1.82, 2.24) is 5.32 Å². The van der Waals surface area contributed by atoms with Crippen molar-refractivity contribution in [2.24, 2.45) is 0 Å². The van der Waals surface area contributed by atoms with Gasteiger partial charge >= 0.3 is 0 Å². The predicted molar refractivity (Wildman–Crippen MR) is 82.3 cm³/mol. The smallest absolute Gasteiger partial charge is 0.171 e. The number of halogens is 1. The third-order valence-electron chi connectivity index (χ3n) is 3.10. The second-order valence-corrected chi connectivity index (χ2v) is 5.75. The summed E-state index contributed by atoms with van der Waals surface area (Å²) in [7, 11) is 1.65. The molecule has 3 nitrogen and oxygen atoms in total. The van der Waals surface area contributed by atoms with E-state index in [-0.39, 0.29) is 0 Å². The average molecular weight is 329 g/mol. The Bertz CT molecular complexity index is 433. The Morgan fingerprint density at radius 3 is 2.78 bits per heavy atom. The highest BCUT2D eigenvalue weighted by Gasteiger charge is 2.16. The summed E-state index contributed by atoms with van der Waals surface area (Å²) in [5.74, 6) is 0.786. The van der Waals surface area contributed by atoms with Crippen molar-refractivity contribution in [3.63, 3.8) is 0 Å². The second-order valence-electron chi connectivity index (χ2n) is 4.42. The molecular formula is C13H17BrN2OS. The van der Waals surface area contributed by atoms with Gasteiger partial charge in [-0.3, -0.25) is 0 Å². The van der Waals surface area contributed by atoms with E-state index in [1.807, 2.05) is 18.2 Å². The molecule has 0 saturated heterocycles. The molecule has 18 heavy (non-hydrogen) atoms. The van der Waals surface area contributed by atoms with Gasteiger partial charge in [-0.25, -0.2) is 0 Å². The molecule has 2 N–H and O–H groups in total. The first kappa shape index (κ1) is 13.6. The number of thiocarbonyl (C=S) groups is 1. The van der Waals surface area contributed by atoms with Gasteiger partial charge in [0.05, 0.1) is 12.8 Å². The summed E-state index contributed by atoms with van der Waals surface area (Å²) < 4.78 is 6.30. The van der Waals surface area contributed by atoms with Gasteiger partial charge in [-0.05, 0) is 43.3 Å². The summed E-state index contributed by atoms with van der Waals surface area (Å²) in [6.07, 6.45) is 5.00. The maximum atomic E-state index is 5.33. The van der Waals surface area contributed by atoms with Crippen LogP contribution < -0.4 is 15.4 Å². The van der Waals surface area contributed by atoms with E-state index in [0.29, 0.717) is 11.2 Å². The minimum absolute atomic E-state index is 0.517. The van der Waals surface area contributed by atoms with Crippen LogP contribution in [0.4, 0.5) is 5.69 Å². The fourth-order valence-corrected chi connectivity index (χ4v) is 2.83. The van der Waals surface area contributed by atoms with Gasteiger partial charge in [0, 0.05) is 10.5 Å². The van der Waals surface area contributed by atoms with Crippen LogP contribution in [0.5, 0.6) is 5.75 Å². The van der Waals surface area contributed by atoms with Crippen molar-refractivity contribution in [2.75, 3.05) is 12.4 Å². The van der Waals surface area contributed by atoms with Gasteiger partial charge in [-0.2, -0.15) is 0 Å². The first-order valence-electron chi connectivity index (χ1n) is 6.10. The lowest BCUT2D eigenvalue weighted by molar-refractivity contribution is 0.417. The molecule has 0 atom stereocenters. The van der Waals surface area contributed by atoms with E-state index in [2.05, 4.69) is 26.6 Å². The van der Waals surface area contributed by atoms with Crippen molar-refractivity contribution in [1.29, 1.82) is 0 Å². The molecule has 0 spiro atoms. The minimum atomic E-state index is 0.517. The van der Waals surface area contributed by atoms with Crippen LogP contribution in [0, 0.1) is 0 Å². The SMILES string of the molecule is COc1ccc(Br)cc1NC(=S)NC1CCCC1. The molecule has 2 rings (SSSR count). The number of benzene rings is 1. The Morgan fingerprint density at radius 2 is 2.11 bits per heavy atom. The summed E-state index contributed by atoms with van der Waals surface area (Å²) in [4.78, 5) is 0. The van der Waals surface area contributed by atoms with Crippen LogP contribution in [-0.4, -0.2) is 18.3 Å². The normalized spacial score (nSPS) is 15.4. The molecule has 5 heteroatoms. The number of ether oxygens (including phenoxy) is 1. The van der Waals surface area contributed by atoms with Crippen molar-refractivity contribution in [3.05, 3.63) is 22.7 Å². The lowest BCUT2D eigenvalue weighted by Gasteiger charge is -2.17. The lowest BCUT2D eigenvalue weighted by atomic mass is 10.2. The predicted octanol–water partition coefficient (Wildman–Crippen LogP) is 3.69. The van der Waals surface area contributed by atoms with Crippen LogP contribution in [0.25, 0.3) is 0 Å². The highest BCUT2D eigenvalue weighted by Crippen LogP contribution is 2.28. The van der Waals surface area contributed by atoms with Crippen LogP contribution in [0.1, 0.15) is 25.7 Å². The zero-order valence-electron chi connectivity index (χ0n) is 10.3.